The Kier molecular flexibility index (Phi) is 5.18. The predicted octanol–water partition coefficient (Wildman–Crippen LogP) is 4.37. The van der Waals surface area contributed by atoms with Crippen LogP contribution in [0.1, 0.15) is 29.8 Å². The highest BCUT2D eigenvalue weighted by molar-refractivity contribution is 7.98. The van der Waals surface area contributed by atoms with Gasteiger partial charge in [0, 0.05) is 24.4 Å². The lowest BCUT2D eigenvalue weighted by atomic mass is 10.1. The van der Waals surface area contributed by atoms with E-state index >= 15 is 0 Å². The molecule has 0 bridgehead atoms. The first-order valence-electron chi connectivity index (χ1n) is 9.11. The van der Waals surface area contributed by atoms with Gasteiger partial charge in [-0.05, 0) is 37.6 Å². The molecule has 0 unspecified atom stereocenters. The summed E-state index contributed by atoms with van der Waals surface area (Å²) in [7, 11) is 0. The number of amides is 1. The van der Waals surface area contributed by atoms with Gasteiger partial charge in [0.1, 0.15) is 5.52 Å². The summed E-state index contributed by atoms with van der Waals surface area (Å²) < 4.78 is 11.5. The van der Waals surface area contributed by atoms with Gasteiger partial charge in [0.2, 0.25) is 0 Å². The van der Waals surface area contributed by atoms with Crippen molar-refractivity contribution in [2.75, 3.05) is 13.1 Å². The first-order valence-corrected chi connectivity index (χ1v) is 10.1. The van der Waals surface area contributed by atoms with E-state index < -0.39 is 0 Å². The van der Waals surface area contributed by atoms with E-state index in [1.807, 2.05) is 67.3 Å². The lowest BCUT2D eigenvalue weighted by molar-refractivity contribution is -0.0586. The molecule has 2 aromatic carbocycles. The molecular weight excluding hydrogens is 360 g/mol. The predicted molar refractivity (Wildman–Crippen MR) is 106 cm³/mol. The van der Waals surface area contributed by atoms with Crippen molar-refractivity contribution in [1.82, 2.24) is 9.88 Å². The zero-order valence-electron chi connectivity index (χ0n) is 15.4. The fourth-order valence-corrected chi connectivity index (χ4v) is 4.26. The molecule has 0 radical (unpaired) electrons. The van der Waals surface area contributed by atoms with E-state index in [0.29, 0.717) is 24.1 Å². The van der Waals surface area contributed by atoms with Crippen LogP contribution in [0.2, 0.25) is 0 Å². The number of thioether (sulfide) groups is 1. The highest BCUT2D eigenvalue weighted by atomic mass is 32.2. The molecule has 27 heavy (non-hydrogen) atoms. The summed E-state index contributed by atoms with van der Waals surface area (Å²) in [6.45, 7) is 5.25. The molecule has 1 amide bonds. The van der Waals surface area contributed by atoms with E-state index in [1.165, 1.54) is 11.8 Å². The molecule has 1 aliphatic rings. The van der Waals surface area contributed by atoms with E-state index in [4.69, 9.17) is 9.15 Å². The molecule has 140 valence electrons. The number of fused-ring (bicyclic) bond motifs is 1. The third kappa shape index (κ3) is 4.01. The van der Waals surface area contributed by atoms with Crippen LogP contribution in [0.4, 0.5) is 0 Å². The zero-order chi connectivity index (χ0) is 18.8. The molecule has 6 heteroatoms. The normalized spacial score (nSPS) is 20.1. The van der Waals surface area contributed by atoms with Crippen molar-refractivity contribution in [3.05, 3.63) is 59.7 Å². The summed E-state index contributed by atoms with van der Waals surface area (Å²) in [6, 6.07) is 15.5. The van der Waals surface area contributed by atoms with Gasteiger partial charge in [0.25, 0.3) is 11.1 Å². The number of benzene rings is 2. The number of rotatable bonds is 4. The van der Waals surface area contributed by atoms with Gasteiger partial charge in [-0.1, -0.05) is 42.1 Å². The maximum atomic E-state index is 13.1. The number of para-hydroxylation sites is 2. The summed E-state index contributed by atoms with van der Waals surface area (Å²) in [5.74, 6) is 0.690. The van der Waals surface area contributed by atoms with Gasteiger partial charge in [0.15, 0.2) is 5.58 Å². The quantitative estimate of drug-likeness (QED) is 0.627. The summed E-state index contributed by atoms with van der Waals surface area (Å²) in [5.41, 5.74) is 3.35. The zero-order valence-corrected chi connectivity index (χ0v) is 16.2. The monoisotopic (exact) mass is 382 g/mol. The number of carbonyl (C=O) groups is 1. The number of morpholine rings is 1. The second kappa shape index (κ2) is 7.74. The largest absolute Gasteiger partial charge is 0.431 e. The molecule has 2 heterocycles. The summed E-state index contributed by atoms with van der Waals surface area (Å²) in [5, 5.41) is 0.618. The van der Waals surface area contributed by atoms with E-state index in [-0.39, 0.29) is 18.1 Å². The van der Waals surface area contributed by atoms with Crippen LogP contribution in [0.15, 0.2) is 58.2 Å². The van der Waals surface area contributed by atoms with Crippen molar-refractivity contribution >= 4 is 28.8 Å². The first-order chi connectivity index (χ1) is 13.1. The van der Waals surface area contributed by atoms with Crippen molar-refractivity contribution < 1.29 is 13.9 Å². The standard InChI is InChI=1S/C21H22N2O3S/c1-14-11-23(12-15(2)25-14)20(24)17-8-4-3-7-16(17)13-27-21-22-18-9-5-6-10-19(18)26-21/h3-10,14-15H,11-13H2,1-2H3/t14-,15-/m1/s1. The summed E-state index contributed by atoms with van der Waals surface area (Å²) in [6.07, 6.45) is 0.109. The Bertz CT molecular complexity index is 912. The summed E-state index contributed by atoms with van der Waals surface area (Å²) >= 11 is 1.51. The average Bonchev–Trinajstić information content (AvgIpc) is 3.08. The maximum absolute atomic E-state index is 13.1. The van der Waals surface area contributed by atoms with Gasteiger partial charge in [-0.15, -0.1) is 0 Å². The Labute approximate surface area is 162 Å². The van der Waals surface area contributed by atoms with Crippen LogP contribution in [0, 0.1) is 0 Å². The van der Waals surface area contributed by atoms with Gasteiger partial charge in [-0.2, -0.15) is 0 Å². The number of carbonyl (C=O) groups excluding carboxylic acids is 1. The van der Waals surface area contributed by atoms with E-state index in [9.17, 15) is 4.79 Å². The molecule has 1 fully saturated rings. The number of oxazole rings is 1. The van der Waals surface area contributed by atoms with Crippen LogP contribution in [0.25, 0.3) is 11.1 Å². The van der Waals surface area contributed by atoms with E-state index in [0.717, 1.165) is 22.2 Å². The van der Waals surface area contributed by atoms with Crippen LogP contribution in [0.3, 0.4) is 0 Å². The minimum Gasteiger partial charge on any atom is -0.431 e. The minimum atomic E-state index is 0.0546. The van der Waals surface area contributed by atoms with Gasteiger partial charge in [-0.25, -0.2) is 4.98 Å². The second-order valence-corrected chi connectivity index (χ2v) is 7.79. The molecule has 0 saturated carbocycles. The fraction of sp³-hybridized carbons (Fsp3) is 0.333. The first kappa shape index (κ1) is 18.1. The highest BCUT2D eigenvalue weighted by Gasteiger charge is 2.27. The van der Waals surface area contributed by atoms with Crippen molar-refractivity contribution in [1.29, 1.82) is 0 Å². The lowest BCUT2D eigenvalue weighted by Crippen LogP contribution is -2.48. The van der Waals surface area contributed by atoms with Crippen molar-refractivity contribution in [2.45, 2.75) is 37.0 Å². The van der Waals surface area contributed by atoms with Crippen molar-refractivity contribution in [2.24, 2.45) is 0 Å². The Morgan fingerprint density at radius 2 is 1.81 bits per heavy atom. The molecule has 0 N–H and O–H groups in total. The number of ether oxygens (including phenoxy) is 1. The van der Waals surface area contributed by atoms with E-state index in [1.54, 1.807) is 0 Å². The third-order valence-corrected chi connectivity index (χ3v) is 5.46. The van der Waals surface area contributed by atoms with Crippen molar-refractivity contribution in [3.63, 3.8) is 0 Å². The lowest BCUT2D eigenvalue weighted by Gasteiger charge is -2.35. The Morgan fingerprint density at radius 3 is 2.59 bits per heavy atom. The molecule has 1 saturated heterocycles. The Hall–Kier alpha value is -2.31. The van der Waals surface area contributed by atoms with E-state index in [2.05, 4.69) is 4.98 Å². The van der Waals surface area contributed by atoms with Gasteiger partial charge in [-0.3, -0.25) is 4.79 Å². The number of nitrogens with zero attached hydrogens (tertiary/aromatic N) is 2. The van der Waals surface area contributed by atoms with Gasteiger partial charge < -0.3 is 14.1 Å². The van der Waals surface area contributed by atoms with Crippen LogP contribution in [0.5, 0.6) is 0 Å². The molecule has 2 atom stereocenters. The summed E-state index contributed by atoms with van der Waals surface area (Å²) in [4.78, 5) is 19.5. The Balaban J connectivity index is 1.51. The second-order valence-electron chi connectivity index (χ2n) is 6.86. The molecule has 1 aromatic heterocycles. The SMILES string of the molecule is C[C@@H]1CN(C(=O)c2ccccc2CSc2nc3ccccc3o2)C[C@@H](C)O1. The van der Waals surface area contributed by atoms with Gasteiger partial charge >= 0.3 is 0 Å². The van der Waals surface area contributed by atoms with Crippen LogP contribution < -0.4 is 0 Å². The van der Waals surface area contributed by atoms with Crippen LogP contribution >= 0.6 is 11.8 Å². The maximum Gasteiger partial charge on any atom is 0.257 e. The smallest absolute Gasteiger partial charge is 0.257 e. The number of aromatic nitrogens is 1. The molecule has 4 rings (SSSR count). The van der Waals surface area contributed by atoms with Crippen LogP contribution in [-0.4, -0.2) is 41.1 Å². The topological polar surface area (TPSA) is 55.6 Å². The van der Waals surface area contributed by atoms with Gasteiger partial charge in [0.05, 0.1) is 12.2 Å². The molecule has 0 spiro atoms. The number of hydrogen-bond acceptors (Lipinski definition) is 5. The number of hydrogen-bond donors (Lipinski definition) is 0. The average molecular weight is 382 g/mol. The fourth-order valence-electron chi connectivity index (χ4n) is 3.42. The molecule has 1 aliphatic heterocycles. The minimum absolute atomic E-state index is 0.0546. The van der Waals surface area contributed by atoms with Crippen molar-refractivity contribution in [3.8, 4) is 0 Å². The third-order valence-electron chi connectivity index (χ3n) is 4.58. The molecule has 0 aliphatic carbocycles. The molecule has 3 aromatic rings. The molecular formula is C21H22N2O3S. The molecule has 5 nitrogen and oxygen atoms in total. The Morgan fingerprint density at radius 1 is 1.11 bits per heavy atom. The highest BCUT2D eigenvalue weighted by Crippen LogP contribution is 2.28. The van der Waals surface area contributed by atoms with Crippen LogP contribution in [-0.2, 0) is 10.5 Å².